The Kier molecular flexibility index (Phi) is 9.16. The molecule has 2 aromatic rings. The van der Waals surface area contributed by atoms with Crippen LogP contribution < -0.4 is 0 Å². The second-order valence-electron chi connectivity index (χ2n) is 7.48. The molecule has 5 heteroatoms. The molecule has 0 heterocycles. The number of carbonyl (C=O) groups excluding carboxylic acids is 1. The number of carboxylic acid groups (broad SMARTS) is 1. The van der Waals surface area contributed by atoms with Gasteiger partial charge in [0.25, 0.3) is 5.79 Å². The number of rotatable bonds is 12. The molecule has 0 aromatic heterocycles. The van der Waals surface area contributed by atoms with Crippen LogP contribution in [0.3, 0.4) is 0 Å². The molecule has 1 N–H and O–H groups in total. The van der Waals surface area contributed by atoms with Crippen LogP contribution >= 0.6 is 0 Å². The van der Waals surface area contributed by atoms with E-state index in [0.29, 0.717) is 34.3 Å². The van der Waals surface area contributed by atoms with Gasteiger partial charge in [0.05, 0.1) is 0 Å². The minimum Gasteiger partial charge on any atom is -0.478 e. The maximum absolute atomic E-state index is 13.7. The summed E-state index contributed by atoms with van der Waals surface area (Å²) in [4.78, 5) is 25.7. The van der Waals surface area contributed by atoms with Gasteiger partial charge in [-0.1, -0.05) is 80.8 Å². The fourth-order valence-corrected chi connectivity index (χ4v) is 3.82. The molecule has 0 saturated carbocycles. The lowest BCUT2D eigenvalue weighted by atomic mass is 9.88. The topological polar surface area (TPSA) is 72.8 Å². The molecule has 2 rings (SSSR count). The number of carboxylic acids is 1. The number of unbranched alkanes of at least 4 members (excludes halogenated alkanes) is 3. The molecule has 31 heavy (non-hydrogen) atoms. The van der Waals surface area contributed by atoms with Crippen LogP contribution in [-0.2, 0) is 20.1 Å². The van der Waals surface area contributed by atoms with Gasteiger partial charge in [-0.25, -0.2) is 4.79 Å². The zero-order valence-electron chi connectivity index (χ0n) is 18.8. The van der Waals surface area contributed by atoms with Gasteiger partial charge >= 0.3 is 5.97 Å². The van der Waals surface area contributed by atoms with Crippen molar-refractivity contribution in [1.29, 1.82) is 0 Å². The van der Waals surface area contributed by atoms with Crippen molar-refractivity contribution in [2.75, 3.05) is 14.2 Å². The fraction of sp³-hybridized carbons (Fsp3) is 0.385. The van der Waals surface area contributed by atoms with Crippen LogP contribution in [0.4, 0.5) is 0 Å². The summed E-state index contributed by atoms with van der Waals surface area (Å²) in [5.41, 5.74) is 2.42. The highest BCUT2D eigenvalue weighted by atomic mass is 16.7. The number of hydrogen-bond donors (Lipinski definition) is 1. The lowest BCUT2D eigenvalue weighted by Crippen LogP contribution is -2.40. The van der Waals surface area contributed by atoms with Gasteiger partial charge in [-0.3, -0.25) is 4.79 Å². The van der Waals surface area contributed by atoms with Gasteiger partial charge < -0.3 is 14.6 Å². The number of hydrogen-bond acceptors (Lipinski definition) is 4. The lowest BCUT2D eigenvalue weighted by molar-refractivity contribution is -0.176. The summed E-state index contributed by atoms with van der Waals surface area (Å²) in [6.07, 6.45) is 4.39. The average molecular weight is 425 g/mol. The highest BCUT2D eigenvalue weighted by Crippen LogP contribution is 2.34. The molecule has 0 atom stereocenters. The summed E-state index contributed by atoms with van der Waals surface area (Å²) in [6, 6.07) is 16.0. The molecular weight excluding hydrogens is 392 g/mol. The van der Waals surface area contributed by atoms with Crippen LogP contribution in [0, 0.1) is 0 Å². The van der Waals surface area contributed by atoms with E-state index in [2.05, 4.69) is 6.92 Å². The third-order valence-corrected chi connectivity index (χ3v) is 5.59. The predicted molar refractivity (Wildman–Crippen MR) is 122 cm³/mol. The van der Waals surface area contributed by atoms with Crippen molar-refractivity contribution in [3.63, 3.8) is 0 Å². The third kappa shape index (κ3) is 5.49. The van der Waals surface area contributed by atoms with Gasteiger partial charge in [0.1, 0.15) is 0 Å². The third-order valence-electron chi connectivity index (χ3n) is 5.59. The summed E-state index contributed by atoms with van der Waals surface area (Å²) in [5.74, 6) is -2.96. The number of Topliss-reactive ketones (excluding diaryl/α,β-unsaturated/α-hetero) is 1. The molecule has 166 valence electrons. The summed E-state index contributed by atoms with van der Waals surface area (Å²) in [6.45, 7) is 3.88. The summed E-state index contributed by atoms with van der Waals surface area (Å²) in [7, 11) is 2.85. The number of methoxy groups -OCH3 is 2. The normalized spacial score (nSPS) is 12.4. The van der Waals surface area contributed by atoms with E-state index in [1.807, 2.05) is 18.2 Å². The summed E-state index contributed by atoms with van der Waals surface area (Å²) in [5, 5.41) is 9.83. The van der Waals surface area contributed by atoms with Crippen LogP contribution in [0.25, 0.3) is 5.57 Å². The molecule has 0 amide bonds. The summed E-state index contributed by atoms with van der Waals surface area (Å²) < 4.78 is 11.2. The van der Waals surface area contributed by atoms with Crippen molar-refractivity contribution in [2.24, 2.45) is 0 Å². The molecule has 2 aromatic carbocycles. The number of allylic oxidation sites excluding steroid dienone is 1. The molecule has 0 unspecified atom stereocenters. The maximum Gasteiger partial charge on any atom is 0.331 e. The molecule has 0 fully saturated rings. The van der Waals surface area contributed by atoms with Gasteiger partial charge in [-0.15, -0.1) is 0 Å². The Bertz CT molecular complexity index is 910. The first kappa shape index (κ1) is 24.5. The smallest absolute Gasteiger partial charge is 0.331 e. The largest absolute Gasteiger partial charge is 0.478 e. The van der Waals surface area contributed by atoms with E-state index in [1.54, 1.807) is 43.3 Å². The first-order chi connectivity index (χ1) is 14.9. The number of carbonyl (C=O) groups is 2. The van der Waals surface area contributed by atoms with E-state index < -0.39 is 11.8 Å². The van der Waals surface area contributed by atoms with Crippen LogP contribution in [0.1, 0.15) is 67.4 Å². The Morgan fingerprint density at radius 3 is 2.00 bits per heavy atom. The Balaban J connectivity index is 2.55. The minimum absolute atomic E-state index is 0.330. The first-order valence-electron chi connectivity index (χ1n) is 10.7. The van der Waals surface area contributed by atoms with E-state index in [4.69, 9.17) is 9.47 Å². The van der Waals surface area contributed by atoms with E-state index >= 15 is 0 Å². The van der Waals surface area contributed by atoms with E-state index in [9.17, 15) is 14.7 Å². The number of ether oxygens (including phenoxy) is 2. The first-order valence-corrected chi connectivity index (χ1v) is 10.7. The van der Waals surface area contributed by atoms with Crippen LogP contribution in [0.2, 0.25) is 0 Å². The number of benzene rings is 2. The van der Waals surface area contributed by atoms with Crippen molar-refractivity contribution < 1.29 is 24.2 Å². The quantitative estimate of drug-likeness (QED) is 0.200. The van der Waals surface area contributed by atoms with Crippen molar-refractivity contribution in [3.05, 3.63) is 76.9 Å². The standard InChI is InChI=1S/C26H32O5/c1-5-6-7-11-17-22(25(28)29)19(2)21-16-12-13-18-23(21)24(27)26(30-3,31-4)20-14-9-8-10-15-20/h8-10,12-16,18H,5-7,11,17H2,1-4H3,(H,28,29). The van der Waals surface area contributed by atoms with Gasteiger partial charge in [-0.05, 0) is 30.9 Å². The number of ketones is 1. The summed E-state index contributed by atoms with van der Waals surface area (Å²) >= 11 is 0. The molecule has 0 aliphatic carbocycles. The Labute approximate surface area is 184 Å². The zero-order chi connectivity index (χ0) is 22.9. The monoisotopic (exact) mass is 424 g/mol. The van der Waals surface area contributed by atoms with Crippen molar-refractivity contribution >= 4 is 17.3 Å². The molecular formula is C26H32O5. The van der Waals surface area contributed by atoms with Crippen LogP contribution in [0.5, 0.6) is 0 Å². The lowest BCUT2D eigenvalue weighted by Gasteiger charge is -2.30. The maximum atomic E-state index is 13.7. The molecule has 5 nitrogen and oxygen atoms in total. The van der Waals surface area contributed by atoms with Gasteiger partial charge in [0.15, 0.2) is 0 Å². The molecule has 0 aliphatic rings. The predicted octanol–water partition coefficient (Wildman–Crippen LogP) is 5.84. The highest BCUT2D eigenvalue weighted by molar-refractivity contribution is 6.07. The van der Waals surface area contributed by atoms with Gasteiger partial charge in [-0.2, -0.15) is 0 Å². The molecule has 0 spiro atoms. The van der Waals surface area contributed by atoms with Crippen LogP contribution in [-0.4, -0.2) is 31.1 Å². The van der Waals surface area contributed by atoms with Crippen molar-refractivity contribution in [3.8, 4) is 0 Å². The Hall–Kier alpha value is -2.76. The molecule has 0 aliphatic heterocycles. The molecule has 0 bridgehead atoms. The molecule has 0 radical (unpaired) electrons. The van der Waals surface area contributed by atoms with Crippen molar-refractivity contribution in [1.82, 2.24) is 0 Å². The van der Waals surface area contributed by atoms with Gasteiger partial charge in [0.2, 0.25) is 5.78 Å². The van der Waals surface area contributed by atoms with E-state index in [-0.39, 0.29) is 5.78 Å². The zero-order valence-corrected chi connectivity index (χ0v) is 18.8. The van der Waals surface area contributed by atoms with E-state index in [1.165, 1.54) is 14.2 Å². The van der Waals surface area contributed by atoms with E-state index in [0.717, 1.165) is 25.7 Å². The highest BCUT2D eigenvalue weighted by Gasteiger charge is 2.42. The average Bonchev–Trinajstić information content (AvgIpc) is 2.80. The Morgan fingerprint density at radius 2 is 1.45 bits per heavy atom. The minimum atomic E-state index is -1.62. The SMILES string of the molecule is CCCCCCC(C(=O)O)=C(C)c1ccccc1C(=O)C(OC)(OC)c1ccccc1. The molecule has 0 saturated heterocycles. The van der Waals surface area contributed by atoms with Crippen molar-refractivity contribution in [2.45, 2.75) is 51.7 Å². The second-order valence-corrected chi connectivity index (χ2v) is 7.48. The van der Waals surface area contributed by atoms with Crippen LogP contribution in [0.15, 0.2) is 60.2 Å². The Morgan fingerprint density at radius 1 is 0.871 bits per heavy atom. The fourth-order valence-electron chi connectivity index (χ4n) is 3.82. The number of aliphatic carboxylic acids is 1. The van der Waals surface area contributed by atoms with Gasteiger partial charge in [0, 0.05) is 30.9 Å². The second kappa shape index (κ2) is 11.6.